The molecule has 0 heterocycles. The molecule has 1 saturated carbocycles. The zero-order valence-corrected chi connectivity index (χ0v) is 12.2. The number of hydrogen-bond acceptors (Lipinski definition) is 2. The van der Waals surface area contributed by atoms with Crippen molar-refractivity contribution in [2.75, 3.05) is 0 Å². The number of allylic oxidation sites excluding steroid dienone is 2. The third-order valence-electron chi connectivity index (χ3n) is 4.65. The maximum absolute atomic E-state index is 13.5. The molecule has 20 heavy (non-hydrogen) atoms. The average molecular weight is 273 g/mol. The fourth-order valence-corrected chi connectivity index (χ4v) is 3.34. The van der Waals surface area contributed by atoms with E-state index in [1.54, 1.807) is 18.2 Å². The predicted molar refractivity (Wildman–Crippen MR) is 77.8 cm³/mol. The molecule has 0 saturated heterocycles. The van der Waals surface area contributed by atoms with E-state index in [0.29, 0.717) is 22.8 Å². The molecule has 3 rings (SSSR count). The highest BCUT2D eigenvalue weighted by Crippen LogP contribution is 2.63. The first-order chi connectivity index (χ1) is 9.50. The summed E-state index contributed by atoms with van der Waals surface area (Å²) in [5.41, 5.74) is 3.22. The van der Waals surface area contributed by atoms with Crippen LogP contribution in [0.3, 0.4) is 0 Å². The van der Waals surface area contributed by atoms with Gasteiger partial charge in [-0.05, 0) is 36.8 Å². The lowest BCUT2D eigenvalue weighted by Gasteiger charge is -2.09. The number of benzene rings is 1. The molecule has 1 aromatic rings. The van der Waals surface area contributed by atoms with Gasteiger partial charge in [0.1, 0.15) is 12.4 Å². The van der Waals surface area contributed by atoms with Crippen LogP contribution in [0.15, 0.2) is 41.1 Å². The Hall–Kier alpha value is -1.64. The van der Waals surface area contributed by atoms with E-state index in [1.165, 1.54) is 11.6 Å². The number of fused-ring (bicyclic) bond motifs is 1. The van der Waals surface area contributed by atoms with E-state index in [2.05, 4.69) is 32.0 Å². The van der Waals surface area contributed by atoms with Crippen molar-refractivity contribution in [3.8, 4) is 0 Å². The van der Waals surface area contributed by atoms with Gasteiger partial charge in [0.05, 0.1) is 5.71 Å². The van der Waals surface area contributed by atoms with E-state index in [4.69, 9.17) is 4.84 Å². The maximum atomic E-state index is 13.5. The molecule has 2 nitrogen and oxygen atoms in total. The van der Waals surface area contributed by atoms with Crippen LogP contribution in [0.5, 0.6) is 0 Å². The van der Waals surface area contributed by atoms with Gasteiger partial charge in [-0.2, -0.15) is 0 Å². The number of rotatable bonds is 3. The van der Waals surface area contributed by atoms with Gasteiger partial charge in [-0.25, -0.2) is 4.39 Å². The lowest BCUT2D eigenvalue weighted by molar-refractivity contribution is 0.127. The minimum Gasteiger partial charge on any atom is -0.391 e. The summed E-state index contributed by atoms with van der Waals surface area (Å²) < 4.78 is 13.5. The van der Waals surface area contributed by atoms with E-state index < -0.39 is 0 Å². The molecular weight excluding hydrogens is 253 g/mol. The average Bonchev–Trinajstić information content (AvgIpc) is 2.94. The Morgan fingerprint density at radius 3 is 2.85 bits per heavy atom. The molecule has 0 aromatic heterocycles. The minimum absolute atomic E-state index is 0.181. The molecule has 1 aromatic carbocycles. The fourth-order valence-electron chi connectivity index (χ4n) is 3.34. The minimum atomic E-state index is -0.243. The van der Waals surface area contributed by atoms with Crippen molar-refractivity contribution in [3.05, 3.63) is 47.3 Å². The summed E-state index contributed by atoms with van der Waals surface area (Å²) in [5.74, 6) is 0.933. The summed E-state index contributed by atoms with van der Waals surface area (Å²) in [6.07, 6.45) is 3.28. The third kappa shape index (κ3) is 2.26. The summed E-state index contributed by atoms with van der Waals surface area (Å²) in [7, 11) is 0. The molecule has 106 valence electrons. The monoisotopic (exact) mass is 273 g/mol. The zero-order valence-electron chi connectivity index (χ0n) is 12.2. The van der Waals surface area contributed by atoms with Gasteiger partial charge in [-0.1, -0.05) is 42.8 Å². The second-order valence-electron chi connectivity index (χ2n) is 6.48. The summed E-state index contributed by atoms with van der Waals surface area (Å²) in [6.45, 7) is 6.88. The number of oxime groups is 1. The van der Waals surface area contributed by atoms with Gasteiger partial charge < -0.3 is 4.84 Å². The van der Waals surface area contributed by atoms with Gasteiger partial charge in [0.15, 0.2) is 0 Å². The SMILES string of the molecule is CC1=C/C(=N/OCc2ccccc2F)C2C(C1)C2(C)C. The largest absolute Gasteiger partial charge is 0.391 e. The van der Waals surface area contributed by atoms with Gasteiger partial charge in [0.25, 0.3) is 0 Å². The number of hydrogen-bond donors (Lipinski definition) is 0. The Morgan fingerprint density at radius 1 is 1.35 bits per heavy atom. The normalized spacial score (nSPS) is 28.8. The Labute approximate surface area is 119 Å². The maximum Gasteiger partial charge on any atom is 0.145 e. The van der Waals surface area contributed by atoms with E-state index in [0.717, 1.165) is 12.1 Å². The van der Waals surface area contributed by atoms with Crippen LogP contribution >= 0.6 is 0 Å². The van der Waals surface area contributed by atoms with Crippen LogP contribution in [0.1, 0.15) is 32.8 Å². The summed E-state index contributed by atoms with van der Waals surface area (Å²) in [5, 5.41) is 4.26. The number of nitrogens with zero attached hydrogens (tertiary/aromatic N) is 1. The Balaban J connectivity index is 1.70. The van der Waals surface area contributed by atoms with E-state index in [1.807, 2.05) is 0 Å². The second kappa shape index (κ2) is 4.72. The molecule has 2 atom stereocenters. The lowest BCUT2D eigenvalue weighted by Crippen LogP contribution is -2.08. The molecule has 0 bridgehead atoms. The quantitative estimate of drug-likeness (QED) is 0.751. The highest BCUT2D eigenvalue weighted by molar-refractivity contribution is 6.01. The first-order valence-corrected chi connectivity index (χ1v) is 7.10. The van der Waals surface area contributed by atoms with Gasteiger partial charge in [-0.3, -0.25) is 0 Å². The molecule has 0 radical (unpaired) electrons. The van der Waals surface area contributed by atoms with Crippen LogP contribution in [0, 0.1) is 23.1 Å². The standard InChI is InChI=1S/C17H20FNO/c1-11-8-13-16(17(13,2)3)15(9-11)19-20-10-12-6-4-5-7-14(12)18/h4-7,9,13,16H,8,10H2,1-3H3/b19-15-. The lowest BCUT2D eigenvalue weighted by atomic mass is 10.00. The topological polar surface area (TPSA) is 21.6 Å². The highest BCUT2D eigenvalue weighted by atomic mass is 19.1. The summed E-state index contributed by atoms with van der Waals surface area (Å²) in [4.78, 5) is 5.38. The van der Waals surface area contributed by atoms with Crippen molar-refractivity contribution < 1.29 is 9.23 Å². The van der Waals surface area contributed by atoms with Crippen molar-refractivity contribution in [2.45, 2.75) is 33.8 Å². The predicted octanol–water partition coefficient (Wildman–Crippen LogP) is 4.32. The van der Waals surface area contributed by atoms with E-state index in [9.17, 15) is 4.39 Å². The van der Waals surface area contributed by atoms with Crippen molar-refractivity contribution >= 4 is 5.71 Å². The first-order valence-electron chi connectivity index (χ1n) is 7.10. The Kier molecular flexibility index (Phi) is 3.15. The van der Waals surface area contributed by atoms with Crippen LogP contribution < -0.4 is 0 Å². The first kappa shape index (κ1) is 13.3. The molecule has 3 heteroatoms. The molecule has 0 aliphatic heterocycles. The van der Waals surface area contributed by atoms with Crippen molar-refractivity contribution in [1.82, 2.24) is 0 Å². The molecular formula is C17H20FNO. The van der Waals surface area contributed by atoms with Crippen LogP contribution in [-0.4, -0.2) is 5.71 Å². The van der Waals surface area contributed by atoms with E-state index >= 15 is 0 Å². The van der Waals surface area contributed by atoms with Crippen LogP contribution in [0.2, 0.25) is 0 Å². The second-order valence-corrected chi connectivity index (χ2v) is 6.48. The Morgan fingerprint density at radius 2 is 2.10 bits per heavy atom. The molecule has 2 aliphatic carbocycles. The Bertz CT molecular complexity index is 588. The van der Waals surface area contributed by atoms with Crippen LogP contribution in [0.25, 0.3) is 0 Å². The zero-order chi connectivity index (χ0) is 14.3. The van der Waals surface area contributed by atoms with Crippen molar-refractivity contribution in [1.29, 1.82) is 0 Å². The third-order valence-corrected chi connectivity index (χ3v) is 4.65. The summed E-state index contributed by atoms with van der Waals surface area (Å²) >= 11 is 0. The smallest absolute Gasteiger partial charge is 0.145 e. The van der Waals surface area contributed by atoms with E-state index in [-0.39, 0.29) is 12.4 Å². The molecule has 0 N–H and O–H groups in total. The van der Waals surface area contributed by atoms with Gasteiger partial charge >= 0.3 is 0 Å². The van der Waals surface area contributed by atoms with Crippen LogP contribution in [0.4, 0.5) is 4.39 Å². The van der Waals surface area contributed by atoms with Crippen molar-refractivity contribution in [3.63, 3.8) is 0 Å². The highest BCUT2D eigenvalue weighted by Gasteiger charge is 2.60. The molecule has 2 unspecified atom stereocenters. The molecule has 2 aliphatic rings. The van der Waals surface area contributed by atoms with Gasteiger partial charge in [-0.15, -0.1) is 0 Å². The number of halogens is 1. The fraction of sp³-hybridized carbons (Fsp3) is 0.471. The molecule has 1 fully saturated rings. The molecule has 0 amide bonds. The van der Waals surface area contributed by atoms with Crippen LogP contribution in [-0.2, 0) is 11.4 Å². The van der Waals surface area contributed by atoms with Gasteiger partial charge in [0, 0.05) is 11.5 Å². The van der Waals surface area contributed by atoms with Crippen molar-refractivity contribution in [2.24, 2.45) is 22.4 Å². The summed E-state index contributed by atoms with van der Waals surface area (Å²) in [6, 6.07) is 6.65. The van der Waals surface area contributed by atoms with Gasteiger partial charge in [0.2, 0.25) is 0 Å². The molecule has 0 spiro atoms.